The maximum Gasteiger partial charge on any atom is 0.312 e. The zero-order valence-corrected chi connectivity index (χ0v) is 11.1. The Balaban J connectivity index is 4.97. The topological polar surface area (TPSA) is 55.8 Å². The van der Waals surface area contributed by atoms with E-state index in [1.165, 1.54) is 7.11 Å². The Kier molecular flexibility index (Phi) is 5.97. The van der Waals surface area contributed by atoms with Crippen LogP contribution in [0.5, 0.6) is 0 Å². The Labute approximate surface area is 97.9 Å². The fraction of sp³-hybridized carbons (Fsp3) is 0.917. The lowest BCUT2D eigenvalue weighted by Gasteiger charge is -2.37. The maximum absolute atomic E-state index is 11.8. The molecule has 0 aliphatic carbocycles. The van der Waals surface area contributed by atoms with Gasteiger partial charge in [0.1, 0.15) is 5.60 Å². The van der Waals surface area contributed by atoms with Gasteiger partial charge in [0.2, 0.25) is 0 Å². The van der Waals surface area contributed by atoms with Gasteiger partial charge in [-0.2, -0.15) is 0 Å². The highest BCUT2D eigenvalue weighted by Crippen LogP contribution is 2.30. The molecule has 0 bridgehead atoms. The van der Waals surface area contributed by atoms with E-state index in [0.717, 1.165) is 0 Å². The SMILES string of the molecule is CCOC(=O)C(C(C)C)C(C)(O)C(C)OC. The molecule has 0 amide bonds. The summed E-state index contributed by atoms with van der Waals surface area (Å²) in [5.74, 6) is -0.958. The van der Waals surface area contributed by atoms with E-state index in [0.29, 0.717) is 6.61 Å². The molecule has 0 aromatic rings. The Morgan fingerprint density at radius 3 is 2.19 bits per heavy atom. The number of methoxy groups -OCH3 is 1. The molecule has 0 radical (unpaired) electrons. The van der Waals surface area contributed by atoms with Gasteiger partial charge in [-0.05, 0) is 26.7 Å². The molecule has 0 heterocycles. The maximum atomic E-state index is 11.8. The minimum Gasteiger partial charge on any atom is -0.466 e. The van der Waals surface area contributed by atoms with Crippen molar-refractivity contribution >= 4 is 5.97 Å². The van der Waals surface area contributed by atoms with E-state index >= 15 is 0 Å². The average molecular weight is 232 g/mol. The first-order valence-corrected chi connectivity index (χ1v) is 5.70. The fourth-order valence-electron chi connectivity index (χ4n) is 1.91. The van der Waals surface area contributed by atoms with Crippen molar-refractivity contribution in [2.24, 2.45) is 11.8 Å². The molecule has 0 fully saturated rings. The van der Waals surface area contributed by atoms with E-state index in [-0.39, 0.29) is 11.9 Å². The number of hydrogen-bond acceptors (Lipinski definition) is 4. The van der Waals surface area contributed by atoms with E-state index < -0.39 is 17.6 Å². The number of esters is 1. The van der Waals surface area contributed by atoms with Crippen LogP contribution in [0.4, 0.5) is 0 Å². The van der Waals surface area contributed by atoms with Gasteiger partial charge in [-0.3, -0.25) is 4.79 Å². The quantitative estimate of drug-likeness (QED) is 0.707. The van der Waals surface area contributed by atoms with Crippen LogP contribution in [0, 0.1) is 11.8 Å². The van der Waals surface area contributed by atoms with Gasteiger partial charge in [-0.15, -0.1) is 0 Å². The van der Waals surface area contributed by atoms with Crippen molar-refractivity contribution in [3.63, 3.8) is 0 Å². The molecule has 0 aromatic heterocycles. The van der Waals surface area contributed by atoms with E-state index in [4.69, 9.17) is 9.47 Å². The Morgan fingerprint density at radius 1 is 1.38 bits per heavy atom. The van der Waals surface area contributed by atoms with Crippen LogP contribution in [0.3, 0.4) is 0 Å². The van der Waals surface area contributed by atoms with Gasteiger partial charge in [0.15, 0.2) is 0 Å². The van der Waals surface area contributed by atoms with Crippen LogP contribution in [0.2, 0.25) is 0 Å². The van der Waals surface area contributed by atoms with Gasteiger partial charge in [0.25, 0.3) is 0 Å². The molecule has 0 saturated carbocycles. The minimum atomic E-state index is -1.23. The highest BCUT2D eigenvalue weighted by molar-refractivity contribution is 5.74. The van der Waals surface area contributed by atoms with E-state index in [1.807, 2.05) is 13.8 Å². The normalized spacial score (nSPS) is 19.0. The summed E-state index contributed by atoms with van der Waals surface area (Å²) in [5, 5.41) is 10.4. The zero-order chi connectivity index (χ0) is 12.9. The van der Waals surface area contributed by atoms with Crippen LogP contribution in [0.15, 0.2) is 0 Å². The molecule has 4 heteroatoms. The van der Waals surface area contributed by atoms with Gasteiger partial charge in [-0.1, -0.05) is 13.8 Å². The first-order chi connectivity index (χ1) is 7.28. The zero-order valence-electron chi connectivity index (χ0n) is 11.1. The second kappa shape index (κ2) is 6.21. The molecular weight excluding hydrogens is 208 g/mol. The molecule has 0 rings (SSSR count). The summed E-state index contributed by atoms with van der Waals surface area (Å²) < 4.78 is 10.1. The molecule has 0 aliphatic rings. The standard InChI is InChI=1S/C12H24O4/c1-7-16-11(13)10(8(2)3)12(5,14)9(4)15-6/h8-10,14H,7H2,1-6H3. The monoisotopic (exact) mass is 232 g/mol. The molecule has 3 atom stereocenters. The summed E-state index contributed by atoms with van der Waals surface area (Å²) in [6.07, 6.45) is -0.427. The molecule has 4 nitrogen and oxygen atoms in total. The lowest BCUT2D eigenvalue weighted by Crippen LogP contribution is -2.51. The van der Waals surface area contributed by atoms with Gasteiger partial charge in [0.05, 0.1) is 18.6 Å². The predicted octanol–water partition coefficient (Wildman–Crippen LogP) is 1.61. The number of rotatable bonds is 6. The summed E-state index contributed by atoms with van der Waals surface area (Å²) in [6, 6.07) is 0. The largest absolute Gasteiger partial charge is 0.466 e. The van der Waals surface area contributed by atoms with Crippen LogP contribution >= 0.6 is 0 Å². The van der Waals surface area contributed by atoms with Crippen molar-refractivity contribution in [3.8, 4) is 0 Å². The Morgan fingerprint density at radius 2 is 1.88 bits per heavy atom. The van der Waals surface area contributed by atoms with Gasteiger partial charge in [0, 0.05) is 7.11 Å². The minimum absolute atomic E-state index is 0.00773. The highest BCUT2D eigenvalue weighted by atomic mass is 16.5. The number of hydrogen-bond donors (Lipinski definition) is 1. The predicted molar refractivity (Wildman–Crippen MR) is 62.1 cm³/mol. The first-order valence-electron chi connectivity index (χ1n) is 5.70. The number of ether oxygens (including phenoxy) is 2. The third kappa shape index (κ3) is 3.46. The second-order valence-corrected chi connectivity index (χ2v) is 4.58. The average Bonchev–Trinajstić information content (AvgIpc) is 2.15. The van der Waals surface area contributed by atoms with Crippen LogP contribution in [0.1, 0.15) is 34.6 Å². The highest BCUT2D eigenvalue weighted by Gasteiger charge is 2.44. The van der Waals surface area contributed by atoms with Crippen molar-refractivity contribution in [2.45, 2.75) is 46.3 Å². The molecule has 0 saturated heterocycles. The van der Waals surface area contributed by atoms with Crippen molar-refractivity contribution in [2.75, 3.05) is 13.7 Å². The number of carbonyl (C=O) groups is 1. The summed E-state index contributed by atoms with van der Waals surface area (Å²) in [4.78, 5) is 11.8. The van der Waals surface area contributed by atoms with Gasteiger partial charge < -0.3 is 14.6 Å². The molecule has 0 spiro atoms. The van der Waals surface area contributed by atoms with Crippen molar-refractivity contribution in [3.05, 3.63) is 0 Å². The second-order valence-electron chi connectivity index (χ2n) is 4.58. The summed E-state index contributed by atoms with van der Waals surface area (Å²) in [7, 11) is 1.52. The lowest BCUT2D eigenvalue weighted by molar-refractivity contribution is -0.173. The molecule has 0 aliphatic heterocycles. The third-order valence-corrected chi connectivity index (χ3v) is 3.01. The van der Waals surface area contributed by atoms with E-state index in [1.54, 1.807) is 20.8 Å². The molecule has 96 valence electrons. The van der Waals surface area contributed by atoms with Crippen molar-refractivity contribution in [1.82, 2.24) is 0 Å². The molecule has 16 heavy (non-hydrogen) atoms. The van der Waals surface area contributed by atoms with Crippen LogP contribution < -0.4 is 0 Å². The smallest absolute Gasteiger partial charge is 0.312 e. The summed E-state index contributed by atoms with van der Waals surface area (Å²) in [6.45, 7) is 9.21. The van der Waals surface area contributed by atoms with Gasteiger partial charge >= 0.3 is 5.97 Å². The van der Waals surface area contributed by atoms with Crippen LogP contribution in [0.25, 0.3) is 0 Å². The molecule has 1 N–H and O–H groups in total. The fourth-order valence-corrected chi connectivity index (χ4v) is 1.91. The molecular formula is C12H24O4. The lowest BCUT2D eigenvalue weighted by atomic mass is 9.77. The summed E-state index contributed by atoms with van der Waals surface area (Å²) in [5.41, 5.74) is -1.23. The first kappa shape index (κ1) is 15.4. The molecule has 3 unspecified atom stereocenters. The van der Waals surface area contributed by atoms with Gasteiger partial charge in [-0.25, -0.2) is 0 Å². The number of carbonyl (C=O) groups excluding carboxylic acids is 1. The third-order valence-electron chi connectivity index (χ3n) is 3.01. The summed E-state index contributed by atoms with van der Waals surface area (Å²) >= 11 is 0. The molecule has 0 aromatic carbocycles. The number of aliphatic hydroxyl groups is 1. The van der Waals surface area contributed by atoms with E-state index in [2.05, 4.69) is 0 Å². The van der Waals surface area contributed by atoms with E-state index in [9.17, 15) is 9.90 Å². The van der Waals surface area contributed by atoms with Crippen molar-refractivity contribution < 1.29 is 19.4 Å². The Bertz CT molecular complexity index is 223. The Hall–Kier alpha value is -0.610. The van der Waals surface area contributed by atoms with Crippen LogP contribution in [-0.4, -0.2) is 36.5 Å². The van der Waals surface area contributed by atoms with Crippen LogP contribution in [-0.2, 0) is 14.3 Å². The van der Waals surface area contributed by atoms with Crippen molar-refractivity contribution in [1.29, 1.82) is 0 Å².